The van der Waals surface area contributed by atoms with Crippen LogP contribution < -0.4 is 14.8 Å². The molecule has 18 heavy (non-hydrogen) atoms. The van der Waals surface area contributed by atoms with Gasteiger partial charge >= 0.3 is 0 Å². The molecule has 1 unspecified atom stereocenters. The monoisotopic (exact) mass is 249 g/mol. The number of benzene rings is 1. The molecule has 0 saturated heterocycles. The maximum absolute atomic E-state index is 5.50. The van der Waals surface area contributed by atoms with E-state index in [1.165, 1.54) is 0 Å². The molecular formula is C14H19NO3. The molecule has 1 aliphatic rings. The van der Waals surface area contributed by atoms with E-state index >= 15 is 0 Å². The highest BCUT2D eigenvalue weighted by atomic mass is 16.5. The van der Waals surface area contributed by atoms with E-state index in [0.717, 1.165) is 36.6 Å². The molecule has 98 valence electrons. The molecule has 1 N–H and O–H groups in total. The van der Waals surface area contributed by atoms with Crippen LogP contribution in [0.1, 0.15) is 12.8 Å². The lowest BCUT2D eigenvalue weighted by Gasteiger charge is -2.20. The summed E-state index contributed by atoms with van der Waals surface area (Å²) in [6.07, 6.45) is 6.20. The van der Waals surface area contributed by atoms with Gasteiger partial charge < -0.3 is 19.5 Å². The Balaban J connectivity index is 1.94. The number of allylic oxidation sites excluding steroid dienone is 1. The average Bonchev–Trinajstić information content (AvgIpc) is 2.45. The van der Waals surface area contributed by atoms with Gasteiger partial charge in [0.1, 0.15) is 6.10 Å². The van der Waals surface area contributed by atoms with Crippen LogP contribution in [0.15, 0.2) is 30.5 Å². The third-order valence-electron chi connectivity index (χ3n) is 2.94. The summed E-state index contributed by atoms with van der Waals surface area (Å²) in [5.41, 5.74) is 1.01. The van der Waals surface area contributed by atoms with Crippen molar-refractivity contribution < 1.29 is 14.2 Å². The van der Waals surface area contributed by atoms with E-state index in [-0.39, 0.29) is 6.10 Å². The standard InChI is InChI=1S/C14H19NO3/c1-16-13-7-6-11(9-14(13)17-2)15-10-12-5-3-4-8-18-12/h4,6-9,12,15H,3,5,10H2,1-2H3. The van der Waals surface area contributed by atoms with Crippen molar-refractivity contribution in [3.63, 3.8) is 0 Å². The molecule has 0 aliphatic carbocycles. The minimum atomic E-state index is 0.239. The van der Waals surface area contributed by atoms with Crippen molar-refractivity contribution in [2.75, 3.05) is 26.1 Å². The van der Waals surface area contributed by atoms with Gasteiger partial charge in [-0.25, -0.2) is 0 Å². The van der Waals surface area contributed by atoms with Crippen molar-refractivity contribution in [3.05, 3.63) is 30.5 Å². The van der Waals surface area contributed by atoms with Gasteiger partial charge in [-0.3, -0.25) is 0 Å². The van der Waals surface area contributed by atoms with Crippen LogP contribution in [0.2, 0.25) is 0 Å². The SMILES string of the molecule is COc1ccc(NCC2CCC=CO2)cc1OC. The molecule has 1 atom stereocenters. The van der Waals surface area contributed by atoms with E-state index in [1.807, 2.05) is 24.3 Å². The first-order valence-corrected chi connectivity index (χ1v) is 6.10. The van der Waals surface area contributed by atoms with Crippen molar-refractivity contribution in [1.82, 2.24) is 0 Å². The van der Waals surface area contributed by atoms with Gasteiger partial charge in [0.05, 0.1) is 27.0 Å². The van der Waals surface area contributed by atoms with E-state index in [0.29, 0.717) is 0 Å². The van der Waals surface area contributed by atoms with Crippen LogP contribution in [-0.4, -0.2) is 26.9 Å². The first kappa shape index (κ1) is 12.6. The maximum Gasteiger partial charge on any atom is 0.162 e. The molecule has 0 fully saturated rings. The highest BCUT2D eigenvalue weighted by Crippen LogP contribution is 2.29. The smallest absolute Gasteiger partial charge is 0.162 e. The number of nitrogens with one attached hydrogen (secondary N) is 1. The molecule has 2 rings (SSSR count). The molecule has 0 saturated carbocycles. The normalized spacial score (nSPS) is 18.0. The van der Waals surface area contributed by atoms with Crippen molar-refractivity contribution in [3.8, 4) is 11.5 Å². The van der Waals surface area contributed by atoms with Gasteiger partial charge in [-0.2, -0.15) is 0 Å². The van der Waals surface area contributed by atoms with Gasteiger partial charge in [0, 0.05) is 11.8 Å². The van der Waals surface area contributed by atoms with E-state index in [9.17, 15) is 0 Å². The van der Waals surface area contributed by atoms with Crippen LogP contribution in [0.5, 0.6) is 11.5 Å². The van der Waals surface area contributed by atoms with Crippen LogP contribution >= 0.6 is 0 Å². The maximum atomic E-state index is 5.50. The largest absolute Gasteiger partial charge is 0.497 e. The Morgan fingerprint density at radius 2 is 2.11 bits per heavy atom. The molecule has 1 aromatic carbocycles. The summed E-state index contributed by atoms with van der Waals surface area (Å²) in [6, 6.07) is 5.79. The number of ether oxygens (including phenoxy) is 3. The molecule has 1 heterocycles. The average molecular weight is 249 g/mol. The molecule has 0 amide bonds. The van der Waals surface area contributed by atoms with Crippen molar-refractivity contribution >= 4 is 5.69 Å². The van der Waals surface area contributed by atoms with Crippen LogP contribution in [0.25, 0.3) is 0 Å². The summed E-state index contributed by atoms with van der Waals surface area (Å²) in [6.45, 7) is 0.791. The second-order valence-corrected chi connectivity index (χ2v) is 4.16. The van der Waals surface area contributed by atoms with Crippen molar-refractivity contribution in [2.45, 2.75) is 18.9 Å². The topological polar surface area (TPSA) is 39.7 Å². The summed E-state index contributed by atoms with van der Waals surface area (Å²) in [7, 11) is 3.27. The third-order valence-corrected chi connectivity index (χ3v) is 2.94. The van der Waals surface area contributed by atoms with E-state index in [1.54, 1.807) is 20.5 Å². The fraction of sp³-hybridized carbons (Fsp3) is 0.429. The summed E-state index contributed by atoms with van der Waals surface area (Å²) in [4.78, 5) is 0. The molecule has 0 bridgehead atoms. The van der Waals surface area contributed by atoms with E-state index in [4.69, 9.17) is 14.2 Å². The number of hydrogen-bond donors (Lipinski definition) is 1. The highest BCUT2D eigenvalue weighted by Gasteiger charge is 2.11. The fourth-order valence-electron chi connectivity index (χ4n) is 1.91. The fourth-order valence-corrected chi connectivity index (χ4v) is 1.91. The van der Waals surface area contributed by atoms with Gasteiger partial charge in [0.2, 0.25) is 0 Å². The predicted molar refractivity (Wildman–Crippen MR) is 71.3 cm³/mol. The first-order valence-electron chi connectivity index (χ1n) is 6.10. The van der Waals surface area contributed by atoms with Gasteiger partial charge in [-0.15, -0.1) is 0 Å². The Hall–Kier alpha value is -1.84. The molecule has 4 nitrogen and oxygen atoms in total. The van der Waals surface area contributed by atoms with Gasteiger partial charge in [0.25, 0.3) is 0 Å². The summed E-state index contributed by atoms with van der Waals surface area (Å²) < 4.78 is 16.0. The molecular weight excluding hydrogens is 230 g/mol. The van der Waals surface area contributed by atoms with Crippen LogP contribution in [0, 0.1) is 0 Å². The van der Waals surface area contributed by atoms with Crippen LogP contribution in [-0.2, 0) is 4.74 Å². The number of methoxy groups -OCH3 is 2. The van der Waals surface area contributed by atoms with Crippen LogP contribution in [0.4, 0.5) is 5.69 Å². The minimum Gasteiger partial charge on any atom is -0.497 e. The molecule has 0 spiro atoms. The van der Waals surface area contributed by atoms with Crippen molar-refractivity contribution in [2.24, 2.45) is 0 Å². The number of hydrogen-bond acceptors (Lipinski definition) is 4. The van der Waals surface area contributed by atoms with Gasteiger partial charge in [-0.1, -0.05) is 0 Å². The van der Waals surface area contributed by atoms with Gasteiger partial charge in [0.15, 0.2) is 11.5 Å². The first-order chi connectivity index (χ1) is 8.83. The highest BCUT2D eigenvalue weighted by molar-refractivity contribution is 5.54. The quantitative estimate of drug-likeness (QED) is 0.871. The molecule has 0 radical (unpaired) electrons. The Kier molecular flexibility index (Phi) is 4.34. The zero-order chi connectivity index (χ0) is 12.8. The lowest BCUT2D eigenvalue weighted by atomic mass is 10.1. The zero-order valence-corrected chi connectivity index (χ0v) is 10.8. The summed E-state index contributed by atoms with van der Waals surface area (Å²) in [5, 5.41) is 3.35. The zero-order valence-electron chi connectivity index (χ0n) is 10.8. The minimum absolute atomic E-state index is 0.239. The van der Waals surface area contributed by atoms with E-state index in [2.05, 4.69) is 5.32 Å². The lowest BCUT2D eigenvalue weighted by molar-refractivity contribution is 0.135. The second kappa shape index (κ2) is 6.19. The third kappa shape index (κ3) is 3.09. The summed E-state index contributed by atoms with van der Waals surface area (Å²) >= 11 is 0. The Bertz CT molecular complexity index is 418. The van der Waals surface area contributed by atoms with Gasteiger partial charge in [-0.05, 0) is 31.1 Å². The molecule has 0 aromatic heterocycles. The molecule has 4 heteroatoms. The van der Waals surface area contributed by atoms with E-state index < -0.39 is 0 Å². The van der Waals surface area contributed by atoms with Crippen LogP contribution in [0.3, 0.4) is 0 Å². The number of anilines is 1. The van der Waals surface area contributed by atoms with Crippen molar-refractivity contribution in [1.29, 1.82) is 0 Å². The second-order valence-electron chi connectivity index (χ2n) is 4.16. The lowest BCUT2D eigenvalue weighted by Crippen LogP contribution is -2.22. The Morgan fingerprint density at radius 1 is 1.28 bits per heavy atom. The Labute approximate surface area is 108 Å². The number of rotatable bonds is 5. The summed E-state index contributed by atoms with van der Waals surface area (Å²) in [5.74, 6) is 1.46. The predicted octanol–water partition coefficient (Wildman–Crippen LogP) is 2.81. The Morgan fingerprint density at radius 3 is 2.78 bits per heavy atom. The molecule has 1 aromatic rings. The molecule has 1 aliphatic heterocycles.